The first kappa shape index (κ1) is 19.2. The zero-order chi connectivity index (χ0) is 19.1. The average Bonchev–Trinajstić information content (AvgIpc) is 2.73. The number of hydrogen-bond acceptors (Lipinski definition) is 3. The van der Waals surface area contributed by atoms with Crippen LogP contribution in [0.1, 0.15) is 30.5 Å². The first-order valence-corrected chi connectivity index (χ1v) is 9.84. The zero-order valence-electron chi connectivity index (χ0n) is 15.6. The number of amides is 1. The van der Waals surface area contributed by atoms with E-state index in [1.54, 1.807) is 18.9 Å². The van der Waals surface area contributed by atoms with E-state index < -0.39 is 4.75 Å². The molecule has 0 atom stereocenters. The van der Waals surface area contributed by atoms with Crippen LogP contribution in [-0.2, 0) is 9.54 Å². The molecule has 1 amide bonds. The van der Waals surface area contributed by atoms with Gasteiger partial charge in [-0.25, -0.2) is 0 Å². The van der Waals surface area contributed by atoms with Gasteiger partial charge < -0.3 is 0 Å². The topological polar surface area (TPSA) is 32.3 Å². The van der Waals surface area contributed by atoms with Crippen LogP contribution in [0.25, 0.3) is 0 Å². The lowest BCUT2D eigenvalue weighted by atomic mass is 9.84. The van der Waals surface area contributed by atoms with E-state index in [1.807, 2.05) is 29.5 Å². The van der Waals surface area contributed by atoms with E-state index in [2.05, 4.69) is 78.2 Å². The summed E-state index contributed by atoms with van der Waals surface area (Å²) in [6.07, 6.45) is 0. The Hall–Kier alpha value is -2.56. The molecule has 3 rings (SSSR count). The fraction of sp³-hybridized carbons (Fsp3) is 0.174. The second kappa shape index (κ2) is 8.89. The first-order valence-electron chi connectivity index (χ1n) is 9.07. The lowest BCUT2D eigenvalue weighted by molar-refractivity contribution is -0.121. The molecule has 0 aliphatic rings. The quantitative estimate of drug-likeness (QED) is 0.358. The molecule has 3 aromatic rings. The second-order valence-electron chi connectivity index (χ2n) is 6.23. The van der Waals surface area contributed by atoms with Crippen molar-refractivity contribution in [2.45, 2.75) is 18.6 Å². The van der Waals surface area contributed by atoms with Gasteiger partial charge in [0.15, 0.2) is 0 Å². The highest BCUT2D eigenvalue weighted by Crippen LogP contribution is 2.49. The minimum Gasteiger partial charge on any atom is -0.279 e. The molecule has 0 saturated carbocycles. The number of nitrogens with zero attached hydrogens (tertiary/aromatic N) is 1. The Morgan fingerprint density at radius 2 is 1.19 bits per heavy atom. The number of rotatable bonds is 7. The molecule has 0 saturated heterocycles. The van der Waals surface area contributed by atoms with Crippen LogP contribution in [-0.4, -0.2) is 16.9 Å². The van der Waals surface area contributed by atoms with Crippen LogP contribution in [0, 0.1) is 0 Å². The van der Waals surface area contributed by atoms with Crippen molar-refractivity contribution < 1.29 is 4.79 Å². The molecule has 27 heavy (non-hydrogen) atoms. The van der Waals surface area contributed by atoms with Gasteiger partial charge in [0.05, 0.1) is 0 Å². The van der Waals surface area contributed by atoms with Gasteiger partial charge in [-0.2, -0.15) is 4.41 Å². The number of carbonyl (C=O) groups excluding carboxylic acids is 1. The SMILES string of the molecule is CCN(NC(C)=O)SC(c1ccccc1)(c1ccccc1)c1ccccc1. The Kier molecular flexibility index (Phi) is 6.32. The van der Waals surface area contributed by atoms with Crippen molar-refractivity contribution in [1.29, 1.82) is 0 Å². The molecule has 0 aromatic heterocycles. The average molecular weight is 377 g/mol. The number of benzene rings is 3. The van der Waals surface area contributed by atoms with Gasteiger partial charge in [0.25, 0.3) is 0 Å². The maximum absolute atomic E-state index is 11.7. The molecule has 1 N–H and O–H groups in total. The van der Waals surface area contributed by atoms with Crippen molar-refractivity contribution in [2.24, 2.45) is 0 Å². The maximum atomic E-state index is 11.7. The Morgan fingerprint density at radius 3 is 1.48 bits per heavy atom. The Labute approximate surface area is 165 Å². The summed E-state index contributed by atoms with van der Waals surface area (Å²) in [5.41, 5.74) is 6.44. The monoisotopic (exact) mass is 376 g/mol. The molecular formula is C23H24N2OS. The molecule has 0 heterocycles. The fourth-order valence-electron chi connectivity index (χ4n) is 3.18. The highest BCUT2D eigenvalue weighted by atomic mass is 32.2. The molecule has 138 valence electrons. The van der Waals surface area contributed by atoms with Gasteiger partial charge in [0.2, 0.25) is 5.91 Å². The third-order valence-corrected chi connectivity index (χ3v) is 5.91. The van der Waals surface area contributed by atoms with Crippen LogP contribution >= 0.6 is 11.9 Å². The molecule has 0 fully saturated rings. The summed E-state index contributed by atoms with van der Waals surface area (Å²) in [7, 11) is 0. The number of hydrogen-bond donors (Lipinski definition) is 1. The third kappa shape index (κ3) is 4.24. The summed E-state index contributed by atoms with van der Waals surface area (Å²) in [5, 5.41) is 0. The summed E-state index contributed by atoms with van der Waals surface area (Å²) >= 11 is 1.63. The summed E-state index contributed by atoms with van der Waals surface area (Å²) in [6, 6.07) is 31.3. The van der Waals surface area contributed by atoms with E-state index in [4.69, 9.17) is 0 Å². The molecule has 0 unspecified atom stereocenters. The van der Waals surface area contributed by atoms with Gasteiger partial charge in [-0.05, 0) is 35.6 Å². The molecule has 3 nitrogen and oxygen atoms in total. The van der Waals surface area contributed by atoms with Crippen LogP contribution in [0.2, 0.25) is 0 Å². The predicted molar refractivity (Wildman–Crippen MR) is 113 cm³/mol. The summed E-state index contributed by atoms with van der Waals surface area (Å²) in [6.45, 7) is 4.26. The Bertz CT molecular complexity index is 757. The summed E-state index contributed by atoms with van der Waals surface area (Å²) in [5.74, 6) is -0.0764. The molecule has 0 spiro atoms. The third-order valence-electron chi connectivity index (χ3n) is 4.36. The molecule has 0 bridgehead atoms. The highest BCUT2D eigenvalue weighted by molar-refractivity contribution is 7.98. The largest absolute Gasteiger partial charge is 0.279 e. The maximum Gasteiger partial charge on any atom is 0.231 e. The molecule has 4 heteroatoms. The van der Waals surface area contributed by atoms with Crippen LogP contribution in [0.5, 0.6) is 0 Å². The summed E-state index contributed by atoms with van der Waals surface area (Å²) in [4.78, 5) is 11.7. The van der Waals surface area contributed by atoms with Crippen molar-refractivity contribution in [3.63, 3.8) is 0 Å². The van der Waals surface area contributed by atoms with Gasteiger partial charge >= 0.3 is 0 Å². The first-order chi connectivity index (χ1) is 13.2. The van der Waals surface area contributed by atoms with Crippen molar-refractivity contribution in [2.75, 3.05) is 6.54 Å². The van der Waals surface area contributed by atoms with Crippen LogP contribution in [0.4, 0.5) is 0 Å². The Morgan fingerprint density at radius 1 is 0.815 bits per heavy atom. The minimum atomic E-state index is -0.484. The molecule has 3 aromatic carbocycles. The van der Waals surface area contributed by atoms with Gasteiger partial charge in [-0.3, -0.25) is 10.2 Å². The van der Waals surface area contributed by atoms with Crippen molar-refractivity contribution in [3.05, 3.63) is 108 Å². The lowest BCUT2D eigenvalue weighted by Crippen LogP contribution is -2.41. The van der Waals surface area contributed by atoms with Gasteiger partial charge in [0, 0.05) is 13.5 Å². The van der Waals surface area contributed by atoms with Gasteiger partial charge in [-0.1, -0.05) is 91.0 Å². The number of nitrogens with one attached hydrogen (secondary N) is 1. The highest BCUT2D eigenvalue weighted by Gasteiger charge is 2.39. The van der Waals surface area contributed by atoms with Crippen molar-refractivity contribution in [3.8, 4) is 0 Å². The lowest BCUT2D eigenvalue weighted by Gasteiger charge is -2.38. The van der Waals surface area contributed by atoms with E-state index in [-0.39, 0.29) is 5.91 Å². The van der Waals surface area contributed by atoms with E-state index >= 15 is 0 Å². The smallest absolute Gasteiger partial charge is 0.231 e. The second-order valence-corrected chi connectivity index (χ2v) is 7.47. The minimum absolute atomic E-state index is 0.0764. The molecule has 0 radical (unpaired) electrons. The fourth-order valence-corrected chi connectivity index (χ4v) is 4.54. The normalized spacial score (nSPS) is 11.4. The summed E-state index contributed by atoms with van der Waals surface area (Å²) < 4.78 is 1.43. The van der Waals surface area contributed by atoms with Crippen LogP contribution < -0.4 is 5.43 Å². The Balaban J connectivity index is 2.24. The van der Waals surface area contributed by atoms with Crippen LogP contribution in [0.15, 0.2) is 91.0 Å². The van der Waals surface area contributed by atoms with Crippen molar-refractivity contribution in [1.82, 2.24) is 9.84 Å². The van der Waals surface area contributed by atoms with E-state index in [9.17, 15) is 4.79 Å². The van der Waals surface area contributed by atoms with Crippen LogP contribution in [0.3, 0.4) is 0 Å². The standard InChI is InChI=1S/C23H24N2OS/c1-3-25(24-19(2)26)27-23(20-13-7-4-8-14-20,21-15-9-5-10-16-21)22-17-11-6-12-18-22/h4-18H,3H2,1-2H3,(H,24,26). The molecule has 0 aliphatic carbocycles. The zero-order valence-corrected chi connectivity index (χ0v) is 16.4. The van der Waals surface area contributed by atoms with E-state index in [1.165, 1.54) is 0 Å². The van der Waals surface area contributed by atoms with Crippen molar-refractivity contribution >= 4 is 17.9 Å². The molecular weight excluding hydrogens is 352 g/mol. The van der Waals surface area contributed by atoms with Gasteiger partial charge in [-0.15, -0.1) is 0 Å². The number of hydrazine groups is 1. The molecule has 0 aliphatic heterocycles. The van der Waals surface area contributed by atoms with E-state index in [0.717, 1.165) is 16.7 Å². The predicted octanol–water partition coefficient (Wildman–Crippen LogP) is 5.00. The van der Waals surface area contributed by atoms with E-state index in [0.29, 0.717) is 6.54 Å². The number of carbonyl (C=O) groups is 1. The van der Waals surface area contributed by atoms with Gasteiger partial charge in [0.1, 0.15) is 4.75 Å².